The van der Waals surface area contributed by atoms with Gasteiger partial charge >= 0.3 is 0 Å². The lowest BCUT2D eigenvalue weighted by molar-refractivity contribution is -0.427. The average molecular weight is 167 g/mol. The van der Waals surface area contributed by atoms with Crippen molar-refractivity contribution < 1.29 is 9.66 Å². The molecule has 0 N–H and O–H groups in total. The van der Waals surface area contributed by atoms with Gasteiger partial charge in [-0.15, -0.1) is 0 Å². The van der Waals surface area contributed by atoms with Crippen molar-refractivity contribution in [2.24, 2.45) is 0 Å². The molecule has 0 bridgehead atoms. The standard InChI is InChI=1S/C8H9NO3/c1-6-5-7(9(10)11)3-4-8(6)12-2/h3-4H,1,5H2,2H3. The van der Waals surface area contributed by atoms with Crippen LogP contribution in [0.4, 0.5) is 0 Å². The fourth-order valence-electron chi connectivity index (χ4n) is 0.992. The summed E-state index contributed by atoms with van der Waals surface area (Å²) < 4.78 is 4.93. The Morgan fingerprint density at radius 2 is 2.33 bits per heavy atom. The van der Waals surface area contributed by atoms with Crippen LogP contribution in [0.25, 0.3) is 0 Å². The Morgan fingerprint density at radius 1 is 1.67 bits per heavy atom. The van der Waals surface area contributed by atoms with E-state index in [1.54, 1.807) is 6.08 Å². The van der Waals surface area contributed by atoms with Crippen LogP contribution in [-0.2, 0) is 4.74 Å². The molecule has 12 heavy (non-hydrogen) atoms. The van der Waals surface area contributed by atoms with E-state index in [0.717, 1.165) is 0 Å². The Morgan fingerprint density at radius 3 is 2.75 bits per heavy atom. The summed E-state index contributed by atoms with van der Waals surface area (Å²) in [5.74, 6) is 0.612. The minimum absolute atomic E-state index is 0.154. The smallest absolute Gasteiger partial charge is 0.250 e. The molecule has 0 heterocycles. The Labute approximate surface area is 70.0 Å². The van der Waals surface area contributed by atoms with Gasteiger partial charge in [-0.3, -0.25) is 10.1 Å². The minimum atomic E-state index is -0.409. The monoisotopic (exact) mass is 167 g/mol. The second-order valence-electron chi connectivity index (χ2n) is 2.43. The number of rotatable bonds is 2. The van der Waals surface area contributed by atoms with Gasteiger partial charge in [-0.2, -0.15) is 0 Å². The van der Waals surface area contributed by atoms with E-state index < -0.39 is 4.92 Å². The molecule has 0 unspecified atom stereocenters. The van der Waals surface area contributed by atoms with E-state index in [4.69, 9.17) is 4.74 Å². The zero-order chi connectivity index (χ0) is 9.14. The summed E-state index contributed by atoms with van der Waals surface area (Å²) in [4.78, 5) is 9.91. The minimum Gasteiger partial charge on any atom is -0.496 e. The Kier molecular flexibility index (Phi) is 2.28. The molecule has 64 valence electrons. The van der Waals surface area contributed by atoms with Gasteiger partial charge in [0.1, 0.15) is 5.76 Å². The molecule has 0 atom stereocenters. The summed E-state index contributed by atoms with van der Waals surface area (Å²) in [6.07, 6.45) is 3.25. The number of nitrogens with zero attached hydrogens (tertiary/aromatic N) is 1. The molecule has 1 aliphatic rings. The van der Waals surface area contributed by atoms with Crippen LogP contribution >= 0.6 is 0 Å². The summed E-state index contributed by atoms with van der Waals surface area (Å²) in [5, 5.41) is 10.3. The molecule has 0 aromatic carbocycles. The van der Waals surface area contributed by atoms with Crippen molar-refractivity contribution in [3.63, 3.8) is 0 Å². The normalized spacial score (nSPS) is 16.6. The average Bonchev–Trinajstić information content (AvgIpc) is 2.04. The maximum atomic E-state index is 10.3. The van der Waals surface area contributed by atoms with Crippen molar-refractivity contribution in [2.75, 3.05) is 7.11 Å². The lowest BCUT2D eigenvalue weighted by atomic mass is 10.1. The molecule has 0 aromatic rings. The Bertz CT molecular complexity index is 289. The molecule has 0 amide bonds. The van der Waals surface area contributed by atoms with E-state index in [1.807, 2.05) is 0 Å². The summed E-state index contributed by atoms with van der Waals surface area (Å²) >= 11 is 0. The van der Waals surface area contributed by atoms with Crippen molar-refractivity contribution in [1.82, 2.24) is 0 Å². The van der Waals surface area contributed by atoms with Crippen molar-refractivity contribution in [2.45, 2.75) is 6.42 Å². The third-order valence-corrected chi connectivity index (χ3v) is 1.62. The van der Waals surface area contributed by atoms with Crippen LogP contribution in [0.5, 0.6) is 0 Å². The topological polar surface area (TPSA) is 52.4 Å². The van der Waals surface area contributed by atoms with Crippen molar-refractivity contribution >= 4 is 0 Å². The van der Waals surface area contributed by atoms with Crippen molar-refractivity contribution in [1.29, 1.82) is 0 Å². The molecular formula is C8H9NO3. The van der Waals surface area contributed by atoms with Gasteiger partial charge in [0.15, 0.2) is 0 Å². The molecule has 1 rings (SSSR count). The van der Waals surface area contributed by atoms with E-state index in [0.29, 0.717) is 11.3 Å². The maximum absolute atomic E-state index is 10.3. The summed E-state index contributed by atoms with van der Waals surface area (Å²) in [6.45, 7) is 3.66. The van der Waals surface area contributed by atoms with Crippen LogP contribution in [0.2, 0.25) is 0 Å². The van der Waals surface area contributed by atoms with E-state index in [9.17, 15) is 10.1 Å². The van der Waals surface area contributed by atoms with Crippen LogP contribution in [0.3, 0.4) is 0 Å². The third kappa shape index (κ3) is 1.53. The van der Waals surface area contributed by atoms with Gasteiger partial charge in [-0.1, -0.05) is 6.58 Å². The first-order valence-electron chi connectivity index (χ1n) is 3.42. The number of hydrogen-bond donors (Lipinski definition) is 0. The van der Waals surface area contributed by atoms with Gasteiger partial charge in [-0.05, 0) is 11.6 Å². The van der Waals surface area contributed by atoms with Crippen LogP contribution in [0, 0.1) is 10.1 Å². The van der Waals surface area contributed by atoms with Crippen LogP contribution in [0.15, 0.2) is 35.8 Å². The fourth-order valence-corrected chi connectivity index (χ4v) is 0.992. The van der Waals surface area contributed by atoms with Gasteiger partial charge < -0.3 is 4.74 Å². The van der Waals surface area contributed by atoms with Crippen LogP contribution < -0.4 is 0 Å². The number of hydrogen-bond acceptors (Lipinski definition) is 3. The Balaban J connectivity index is 2.88. The number of ether oxygens (including phenoxy) is 1. The van der Waals surface area contributed by atoms with Gasteiger partial charge in [0.2, 0.25) is 0 Å². The number of allylic oxidation sites excluding steroid dienone is 4. The largest absolute Gasteiger partial charge is 0.496 e. The second kappa shape index (κ2) is 3.21. The van der Waals surface area contributed by atoms with Crippen LogP contribution in [-0.4, -0.2) is 12.0 Å². The van der Waals surface area contributed by atoms with E-state index in [2.05, 4.69) is 6.58 Å². The molecule has 0 aliphatic heterocycles. The van der Waals surface area contributed by atoms with E-state index in [-0.39, 0.29) is 12.1 Å². The predicted molar refractivity (Wildman–Crippen MR) is 43.9 cm³/mol. The molecule has 4 nitrogen and oxygen atoms in total. The van der Waals surface area contributed by atoms with Gasteiger partial charge in [0.05, 0.1) is 18.5 Å². The van der Waals surface area contributed by atoms with Crippen molar-refractivity contribution in [3.05, 3.63) is 45.9 Å². The fraction of sp³-hybridized carbons (Fsp3) is 0.250. The summed E-state index contributed by atoms with van der Waals surface area (Å²) in [7, 11) is 1.52. The lowest BCUT2D eigenvalue weighted by Gasteiger charge is -2.10. The number of methoxy groups -OCH3 is 1. The second-order valence-corrected chi connectivity index (χ2v) is 2.43. The number of nitro groups is 1. The molecule has 4 heteroatoms. The molecule has 0 radical (unpaired) electrons. The van der Waals surface area contributed by atoms with E-state index >= 15 is 0 Å². The predicted octanol–water partition coefficient (Wildman–Crippen LogP) is 1.64. The lowest BCUT2D eigenvalue weighted by Crippen LogP contribution is -2.05. The van der Waals surface area contributed by atoms with Gasteiger partial charge in [0, 0.05) is 6.08 Å². The first-order valence-corrected chi connectivity index (χ1v) is 3.42. The first kappa shape index (κ1) is 8.52. The quantitative estimate of drug-likeness (QED) is 0.464. The molecule has 0 saturated carbocycles. The van der Waals surface area contributed by atoms with Gasteiger partial charge in [0.25, 0.3) is 5.70 Å². The third-order valence-electron chi connectivity index (χ3n) is 1.62. The molecule has 0 fully saturated rings. The highest BCUT2D eigenvalue weighted by Crippen LogP contribution is 2.23. The molecule has 0 saturated heterocycles. The zero-order valence-corrected chi connectivity index (χ0v) is 6.74. The van der Waals surface area contributed by atoms with Crippen LogP contribution in [0.1, 0.15) is 6.42 Å². The first-order chi connectivity index (χ1) is 5.65. The molecule has 1 aliphatic carbocycles. The van der Waals surface area contributed by atoms with Gasteiger partial charge in [-0.25, -0.2) is 0 Å². The summed E-state index contributed by atoms with van der Waals surface area (Å²) in [6, 6.07) is 0. The zero-order valence-electron chi connectivity index (χ0n) is 6.74. The summed E-state index contributed by atoms with van der Waals surface area (Å²) in [5.41, 5.74) is 0.799. The Hall–Kier alpha value is -1.58. The molecule has 0 spiro atoms. The highest BCUT2D eigenvalue weighted by atomic mass is 16.6. The molecular weight excluding hydrogens is 158 g/mol. The van der Waals surface area contributed by atoms with E-state index in [1.165, 1.54) is 13.2 Å². The highest BCUT2D eigenvalue weighted by Gasteiger charge is 2.18. The van der Waals surface area contributed by atoms with Crippen molar-refractivity contribution in [3.8, 4) is 0 Å². The molecule has 0 aromatic heterocycles. The maximum Gasteiger partial charge on any atom is 0.250 e. The SMILES string of the molecule is C=C1CC([N+](=O)[O-])=CC=C1OC. The highest BCUT2D eigenvalue weighted by molar-refractivity contribution is 5.34.